The Hall–Kier alpha value is -0.880. The second kappa shape index (κ2) is 5.40. The van der Waals surface area contributed by atoms with Crippen LogP contribution in [0.2, 0.25) is 0 Å². The topological polar surface area (TPSA) is 109 Å². The molecule has 1 aromatic heterocycles. The molecule has 0 aliphatic carbocycles. The van der Waals surface area contributed by atoms with Gasteiger partial charge in [0, 0.05) is 6.20 Å². The van der Waals surface area contributed by atoms with Gasteiger partial charge in [-0.1, -0.05) is 18.5 Å². The predicted molar refractivity (Wildman–Crippen MR) is 71.2 cm³/mol. The van der Waals surface area contributed by atoms with E-state index in [1.807, 2.05) is 0 Å². The standard InChI is InChI=1S/C9H10BrClN4O2S/c1-2-9(11,5-12)15-18(16,17)6-3-7(10)8(13)14-4-6/h3-4,15H,2H2,1H3,(H2,13,14). The number of halogens is 2. The van der Waals surface area contributed by atoms with Gasteiger partial charge in [0.15, 0.2) is 5.00 Å². The van der Waals surface area contributed by atoms with Gasteiger partial charge in [0.25, 0.3) is 0 Å². The molecule has 1 aromatic rings. The molecule has 0 radical (unpaired) electrons. The quantitative estimate of drug-likeness (QED) is 0.631. The number of hydrogen-bond acceptors (Lipinski definition) is 5. The molecule has 0 aliphatic heterocycles. The maximum atomic E-state index is 12.0. The Bertz CT molecular complexity index is 601. The van der Waals surface area contributed by atoms with Crippen LogP contribution in [-0.4, -0.2) is 18.4 Å². The largest absolute Gasteiger partial charge is 0.383 e. The molecular formula is C9H10BrClN4O2S. The van der Waals surface area contributed by atoms with Crippen LogP contribution in [0.3, 0.4) is 0 Å². The van der Waals surface area contributed by atoms with Crippen LogP contribution in [0.25, 0.3) is 0 Å². The van der Waals surface area contributed by atoms with Crippen molar-refractivity contribution in [2.45, 2.75) is 23.2 Å². The summed E-state index contributed by atoms with van der Waals surface area (Å²) in [7, 11) is -3.93. The van der Waals surface area contributed by atoms with E-state index in [1.54, 1.807) is 13.0 Å². The number of nitrogens with one attached hydrogen (secondary N) is 1. The van der Waals surface area contributed by atoms with Crippen molar-refractivity contribution in [2.24, 2.45) is 0 Å². The van der Waals surface area contributed by atoms with E-state index in [0.29, 0.717) is 4.47 Å². The average Bonchev–Trinajstić information content (AvgIpc) is 2.32. The summed E-state index contributed by atoms with van der Waals surface area (Å²) in [4.78, 5) is 1.91. The molecule has 0 amide bonds. The minimum absolute atomic E-state index is 0.119. The molecule has 1 heterocycles. The van der Waals surface area contributed by atoms with Gasteiger partial charge in [-0.25, -0.2) is 13.4 Å². The van der Waals surface area contributed by atoms with Gasteiger partial charge in [-0.15, -0.1) is 0 Å². The Morgan fingerprint density at radius 2 is 2.33 bits per heavy atom. The van der Waals surface area contributed by atoms with E-state index in [0.717, 1.165) is 6.20 Å². The molecule has 0 aromatic carbocycles. The molecule has 0 spiro atoms. The van der Waals surface area contributed by atoms with E-state index in [-0.39, 0.29) is 17.1 Å². The Labute approximate surface area is 118 Å². The van der Waals surface area contributed by atoms with Gasteiger partial charge in [-0.05, 0) is 28.4 Å². The highest BCUT2D eigenvalue weighted by atomic mass is 79.9. The first-order chi connectivity index (χ1) is 8.24. The lowest BCUT2D eigenvalue weighted by atomic mass is 10.3. The minimum atomic E-state index is -3.93. The van der Waals surface area contributed by atoms with Crippen LogP contribution >= 0.6 is 27.5 Å². The summed E-state index contributed by atoms with van der Waals surface area (Å²) in [5, 5.41) is 8.84. The first-order valence-corrected chi connectivity index (χ1v) is 7.44. The summed E-state index contributed by atoms with van der Waals surface area (Å²) >= 11 is 8.88. The van der Waals surface area contributed by atoms with E-state index < -0.39 is 15.0 Å². The third-order valence-electron chi connectivity index (χ3n) is 2.12. The fourth-order valence-electron chi connectivity index (χ4n) is 1.02. The highest BCUT2D eigenvalue weighted by Crippen LogP contribution is 2.23. The fraction of sp³-hybridized carbons (Fsp3) is 0.333. The minimum Gasteiger partial charge on any atom is -0.383 e. The van der Waals surface area contributed by atoms with Crippen LogP contribution in [0, 0.1) is 11.3 Å². The predicted octanol–water partition coefficient (Wildman–Crippen LogP) is 1.57. The van der Waals surface area contributed by atoms with Crippen molar-refractivity contribution in [1.82, 2.24) is 9.71 Å². The van der Waals surface area contributed by atoms with Crippen LogP contribution in [0.5, 0.6) is 0 Å². The number of nitrogens with zero attached hydrogens (tertiary/aromatic N) is 2. The third kappa shape index (κ3) is 3.32. The van der Waals surface area contributed by atoms with E-state index in [2.05, 4.69) is 25.6 Å². The lowest BCUT2D eigenvalue weighted by molar-refractivity contribution is 0.555. The molecular weight excluding hydrogens is 344 g/mol. The Morgan fingerprint density at radius 3 is 2.78 bits per heavy atom. The molecule has 6 nitrogen and oxygen atoms in total. The van der Waals surface area contributed by atoms with Crippen LogP contribution in [0.1, 0.15) is 13.3 Å². The van der Waals surface area contributed by atoms with E-state index in [9.17, 15) is 8.42 Å². The van der Waals surface area contributed by atoms with Crippen molar-refractivity contribution in [3.63, 3.8) is 0 Å². The van der Waals surface area contributed by atoms with Crippen molar-refractivity contribution in [3.05, 3.63) is 16.7 Å². The number of alkyl halides is 1. The molecule has 3 N–H and O–H groups in total. The van der Waals surface area contributed by atoms with Gasteiger partial charge >= 0.3 is 0 Å². The zero-order valence-corrected chi connectivity index (χ0v) is 12.5. The summed E-state index contributed by atoms with van der Waals surface area (Å²) in [5.41, 5.74) is 5.46. The molecule has 1 unspecified atom stereocenters. The molecule has 0 fully saturated rings. The second-order valence-corrected chi connectivity index (χ2v) is 6.59. The number of nitrogen functional groups attached to an aromatic ring is 1. The SMILES string of the molecule is CCC(Cl)(C#N)NS(=O)(=O)c1cnc(N)c(Br)c1. The summed E-state index contributed by atoms with van der Waals surface area (Å²) in [6, 6.07) is 2.99. The molecule has 0 saturated carbocycles. The lowest BCUT2D eigenvalue weighted by Crippen LogP contribution is -2.42. The van der Waals surface area contributed by atoms with E-state index >= 15 is 0 Å². The third-order valence-corrected chi connectivity index (χ3v) is 4.77. The van der Waals surface area contributed by atoms with Gasteiger partial charge < -0.3 is 5.73 Å². The molecule has 1 rings (SSSR count). The molecule has 0 bridgehead atoms. The zero-order valence-electron chi connectivity index (χ0n) is 9.31. The van der Waals surface area contributed by atoms with Gasteiger partial charge in [0.05, 0.1) is 4.47 Å². The molecule has 0 saturated heterocycles. The van der Waals surface area contributed by atoms with Crippen molar-refractivity contribution in [3.8, 4) is 6.07 Å². The smallest absolute Gasteiger partial charge is 0.244 e. The molecule has 1 atom stereocenters. The first kappa shape index (κ1) is 15.2. The fourth-order valence-corrected chi connectivity index (χ4v) is 3.03. The zero-order chi connectivity index (χ0) is 14.0. The Kier molecular flexibility index (Phi) is 4.55. The first-order valence-electron chi connectivity index (χ1n) is 4.79. The van der Waals surface area contributed by atoms with E-state index in [4.69, 9.17) is 22.6 Å². The summed E-state index contributed by atoms with van der Waals surface area (Å²) in [5.74, 6) is 0.168. The lowest BCUT2D eigenvalue weighted by Gasteiger charge is -2.18. The van der Waals surface area contributed by atoms with Crippen molar-refractivity contribution >= 4 is 43.4 Å². The van der Waals surface area contributed by atoms with Crippen LogP contribution < -0.4 is 10.5 Å². The number of hydrogen-bond donors (Lipinski definition) is 2. The number of rotatable bonds is 4. The van der Waals surface area contributed by atoms with Gasteiger partial charge in [-0.3, -0.25) is 0 Å². The molecule has 18 heavy (non-hydrogen) atoms. The van der Waals surface area contributed by atoms with Gasteiger partial charge in [-0.2, -0.15) is 9.98 Å². The van der Waals surface area contributed by atoms with Crippen LogP contribution in [0.15, 0.2) is 21.6 Å². The molecule has 98 valence electrons. The number of aromatic nitrogens is 1. The van der Waals surface area contributed by atoms with Crippen molar-refractivity contribution in [2.75, 3.05) is 5.73 Å². The highest BCUT2D eigenvalue weighted by Gasteiger charge is 2.31. The number of anilines is 1. The number of sulfonamides is 1. The summed E-state index contributed by atoms with van der Waals surface area (Å²) < 4.78 is 26.4. The molecule has 9 heteroatoms. The normalized spacial score (nSPS) is 14.8. The van der Waals surface area contributed by atoms with Gasteiger partial charge in [0.1, 0.15) is 16.8 Å². The number of pyridine rings is 1. The Morgan fingerprint density at radius 1 is 1.72 bits per heavy atom. The van der Waals surface area contributed by atoms with Crippen molar-refractivity contribution in [1.29, 1.82) is 5.26 Å². The number of nitrogens with two attached hydrogens (primary N) is 1. The van der Waals surface area contributed by atoms with Crippen LogP contribution in [0.4, 0.5) is 5.82 Å². The number of nitriles is 1. The Balaban J connectivity index is 3.15. The second-order valence-electron chi connectivity index (χ2n) is 3.41. The monoisotopic (exact) mass is 352 g/mol. The summed E-state index contributed by atoms with van der Waals surface area (Å²) in [6.45, 7) is 1.59. The van der Waals surface area contributed by atoms with E-state index in [1.165, 1.54) is 6.07 Å². The highest BCUT2D eigenvalue weighted by molar-refractivity contribution is 9.10. The van der Waals surface area contributed by atoms with Crippen molar-refractivity contribution < 1.29 is 8.42 Å². The maximum Gasteiger partial charge on any atom is 0.244 e. The maximum absolute atomic E-state index is 12.0. The molecule has 0 aliphatic rings. The summed E-state index contributed by atoms with van der Waals surface area (Å²) in [6.07, 6.45) is 1.21. The van der Waals surface area contributed by atoms with Crippen LogP contribution in [-0.2, 0) is 10.0 Å². The van der Waals surface area contributed by atoms with Gasteiger partial charge in [0.2, 0.25) is 10.0 Å². The average molecular weight is 354 g/mol.